The van der Waals surface area contributed by atoms with E-state index in [9.17, 15) is 0 Å². The molecule has 1 heterocycles. The van der Waals surface area contributed by atoms with Crippen LogP contribution in [0, 0.1) is 5.92 Å². The monoisotopic (exact) mass is 283 g/mol. The van der Waals surface area contributed by atoms with Gasteiger partial charge in [-0.1, -0.05) is 39.3 Å². The van der Waals surface area contributed by atoms with Crippen molar-refractivity contribution < 1.29 is 9.26 Å². The van der Waals surface area contributed by atoms with Gasteiger partial charge in [0.2, 0.25) is 11.7 Å². The van der Waals surface area contributed by atoms with Gasteiger partial charge in [0.05, 0.1) is 0 Å². The Hall–Kier alpha value is -0.940. The molecular formula is C15H29N3O2. The highest BCUT2D eigenvalue weighted by Gasteiger charge is 2.22. The van der Waals surface area contributed by atoms with E-state index in [1.54, 1.807) is 7.11 Å². The zero-order chi connectivity index (χ0) is 15.0. The Bertz CT molecular complexity index is 366. The Morgan fingerprint density at radius 1 is 1.25 bits per heavy atom. The maximum atomic E-state index is 5.43. The molecule has 0 fully saturated rings. The molecule has 0 bridgehead atoms. The molecule has 0 aliphatic heterocycles. The van der Waals surface area contributed by atoms with Gasteiger partial charge < -0.3 is 14.6 Å². The summed E-state index contributed by atoms with van der Waals surface area (Å²) in [7, 11) is 1.68. The van der Waals surface area contributed by atoms with Gasteiger partial charge in [0.25, 0.3) is 0 Å². The van der Waals surface area contributed by atoms with Gasteiger partial charge >= 0.3 is 0 Å². The van der Waals surface area contributed by atoms with Crippen molar-refractivity contribution in [2.45, 2.75) is 65.5 Å². The minimum atomic E-state index is -0.0965. The number of nitrogens with one attached hydrogen (secondary N) is 1. The highest BCUT2D eigenvalue weighted by Crippen LogP contribution is 2.22. The summed E-state index contributed by atoms with van der Waals surface area (Å²) in [6.45, 7) is 9.57. The summed E-state index contributed by atoms with van der Waals surface area (Å²) < 4.78 is 10.8. The van der Waals surface area contributed by atoms with Crippen molar-refractivity contribution in [2.24, 2.45) is 5.92 Å². The molecule has 5 nitrogen and oxygen atoms in total. The van der Waals surface area contributed by atoms with Crippen molar-refractivity contribution in [3.05, 3.63) is 11.7 Å². The highest BCUT2D eigenvalue weighted by molar-refractivity contribution is 4.94. The van der Waals surface area contributed by atoms with Crippen molar-refractivity contribution in [2.75, 3.05) is 13.7 Å². The predicted molar refractivity (Wildman–Crippen MR) is 79.6 cm³/mol. The minimum absolute atomic E-state index is 0.0965. The predicted octanol–water partition coefficient (Wildman–Crippen LogP) is 3.12. The van der Waals surface area contributed by atoms with Crippen LogP contribution in [0.4, 0.5) is 0 Å². The Labute approximate surface area is 122 Å². The summed E-state index contributed by atoms with van der Waals surface area (Å²) in [5.74, 6) is 1.68. The summed E-state index contributed by atoms with van der Waals surface area (Å²) >= 11 is 0. The topological polar surface area (TPSA) is 60.2 Å². The van der Waals surface area contributed by atoms with Gasteiger partial charge in [-0.3, -0.25) is 0 Å². The third-order valence-electron chi connectivity index (χ3n) is 3.34. The van der Waals surface area contributed by atoms with E-state index in [1.165, 1.54) is 0 Å². The number of ether oxygens (including phenoxy) is 1. The molecule has 0 aliphatic rings. The molecule has 0 amide bonds. The zero-order valence-electron chi connectivity index (χ0n) is 13.5. The van der Waals surface area contributed by atoms with Crippen molar-refractivity contribution in [1.82, 2.24) is 15.5 Å². The minimum Gasteiger partial charge on any atom is -0.373 e. The Morgan fingerprint density at radius 2 is 2.00 bits per heavy atom. The smallest absolute Gasteiger partial charge is 0.228 e. The second kappa shape index (κ2) is 9.08. The maximum absolute atomic E-state index is 5.43. The molecule has 2 atom stereocenters. The number of rotatable bonds is 10. The van der Waals surface area contributed by atoms with E-state index in [0.29, 0.717) is 23.7 Å². The average Bonchev–Trinajstić information content (AvgIpc) is 2.85. The molecule has 1 aromatic heterocycles. The van der Waals surface area contributed by atoms with Crippen LogP contribution in [-0.2, 0) is 11.2 Å². The number of methoxy groups -OCH3 is 1. The second-order valence-corrected chi connectivity index (χ2v) is 5.59. The lowest BCUT2D eigenvalue weighted by Gasteiger charge is -2.15. The van der Waals surface area contributed by atoms with Crippen LogP contribution in [0.3, 0.4) is 0 Å². The molecule has 0 aliphatic carbocycles. The Morgan fingerprint density at radius 3 is 2.55 bits per heavy atom. The molecule has 1 rings (SSSR count). The van der Waals surface area contributed by atoms with E-state index < -0.39 is 0 Å². The van der Waals surface area contributed by atoms with Gasteiger partial charge in [0, 0.05) is 19.6 Å². The van der Waals surface area contributed by atoms with Crippen molar-refractivity contribution in [3.63, 3.8) is 0 Å². The lowest BCUT2D eigenvalue weighted by Crippen LogP contribution is -2.31. The standard InChI is InChI=1S/C15H29N3O2/c1-6-8-12(16-9-7-2)10-13-17-15(18-20-13)14(19-5)11(3)4/h11-12,14,16H,6-10H2,1-5H3. The first-order valence-corrected chi connectivity index (χ1v) is 7.70. The molecule has 1 aromatic rings. The highest BCUT2D eigenvalue weighted by atomic mass is 16.5. The van der Waals surface area contributed by atoms with Crippen molar-refractivity contribution in [1.29, 1.82) is 0 Å². The number of hydrogen-bond donors (Lipinski definition) is 1. The molecule has 0 saturated heterocycles. The largest absolute Gasteiger partial charge is 0.373 e. The first-order valence-electron chi connectivity index (χ1n) is 7.70. The fraction of sp³-hybridized carbons (Fsp3) is 0.867. The van der Waals surface area contributed by atoms with Crippen LogP contribution in [-0.4, -0.2) is 29.8 Å². The summed E-state index contributed by atoms with van der Waals surface area (Å²) in [5.41, 5.74) is 0. The van der Waals surface area contributed by atoms with E-state index in [2.05, 4.69) is 43.2 Å². The zero-order valence-corrected chi connectivity index (χ0v) is 13.5. The lowest BCUT2D eigenvalue weighted by molar-refractivity contribution is 0.0555. The van der Waals surface area contributed by atoms with Crippen LogP contribution in [0.25, 0.3) is 0 Å². The Balaban J connectivity index is 2.64. The molecular weight excluding hydrogens is 254 g/mol. The van der Waals surface area contributed by atoms with Crippen molar-refractivity contribution >= 4 is 0 Å². The first-order chi connectivity index (χ1) is 9.62. The van der Waals surface area contributed by atoms with Crippen LogP contribution in [0.15, 0.2) is 4.52 Å². The van der Waals surface area contributed by atoms with Gasteiger partial charge in [0.1, 0.15) is 6.10 Å². The van der Waals surface area contributed by atoms with Crippen LogP contribution in [0.2, 0.25) is 0 Å². The first kappa shape index (κ1) is 17.1. The number of nitrogens with zero attached hydrogens (tertiary/aromatic N) is 2. The second-order valence-electron chi connectivity index (χ2n) is 5.59. The van der Waals surface area contributed by atoms with Gasteiger partial charge in [-0.05, 0) is 25.3 Å². The van der Waals surface area contributed by atoms with Gasteiger partial charge in [-0.25, -0.2) is 0 Å². The number of aromatic nitrogens is 2. The van der Waals surface area contributed by atoms with E-state index in [4.69, 9.17) is 9.26 Å². The molecule has 0 spiro atoms. The van der Waals surface area contributed by atoms with Crippen LogP contribution < -0.4 is 5.32 Å². The third-order valence-corrected chi connectivity index (χ3v) is 3.34. The van der Waals surface area contributed by atoms with E-state index in [0.717, 1.165) is 32.2 Å². The van der Waals surface area contributed by atoms with E-state index in [-0.39, 0.29) is 6.10 Å². The summed E-state index contributed by atoms with van der Waals surface area (Å²) in [5, 5.41) is 7.60. The summed E-state index contributed by atoms with van der Waals surface area (Å²) in [6.07, 6.45) is 4.09. The molecule has 2 unspecified atom stereocenters. The fourth-order valence-corrected chi connectivity index (χ4v) is 2.33. The molecule has 0 radical (unpaired) electrons. The maximum Gasteiger partial charge on any atom is 0.228 e. The molecule has 1 N–H and O–H groups in total. The quantitative estimate of drug-likeness (QED) is 0.715. The van der Waals surface area contributed by atoms with Gasteiger partial charge in [-0.2, -0.15) is 4.98 Å². The van der Waals surface area contributed by atoms with Crippen LogP contribution >= 0.6 is 0 Å². The molecule has 20 heavy (non-hydrogen) atoms. The molecule has 0 saturated carbocycles. The molecule has 5 heteroatoms. The Kier molecular flexibility index (Phi) is 7.77. The fourth-order valence-electron chi connectivity index (χ4n) is 2.33. The van der Waals surface area contributed by atoms with Crippen molar-refractivity contribution in [3.8, 4) is 0 Å². The SMILES string of the molecule is CCCNC(CCC)Cc1nc(C(OC)C(C)C)no1. The number of hydrogen-bond acceptors (Lipinski definition) is 5. The molecule has 116 valence electrons. The van der Waals surface area contributed by atoms with Gasteiger partial charge in [-0.15, -0.1) is 0 Å². The molecule has 0 aromatic carbocycles. The van der Waals surface area contributed by atoms with Crippen LogP contribution in [0.1, 0.15) is 64.8 Å². The van der Waals surface area contributed by atoms with E-state index in [1.807, 2.05) is 0 Å². The van der Waals surface area contributed by atoms with E-state index >= 15 is 0 Å². The van der Waals surface area contributed by atoms with Crippen LogP contribution in [0.5, 0.6) is 0 Å². The summed E-state index contributed by atoms with van der Waals surface area (Å²) in [4.78, 5) is 4.49. The third kappa shape index (κ3) is 5.21. The normalized spacial score (nSPS) is 14.7. The van der Waals surface area contributed by atoms with Gasteiger partial charge in [0.15, 0.2) is 0 Å². The lowest BCUT2D eigenvalue weighted by atomic mass is 10.1. The summed E-state index contributed by atoms with van der Waals surface area (Å²) in [6, 6.07) is 0.410. The average molecular weight is 283 g/mol.